The van der Waals surface area contributed by atoms with Crippen LogP contribution in [0.2, 0.25) is 0 Å². The van der Waals surface area contributed by atoms with Crippen LogP contribution in [0.15, 0.2) is 42.5 Å². The maximum absolute atomic E-state index is 13.4. The van der Waals surface area contributed by atoms with Crippen molar-refractivity contribution in [2.75, 3.05) is 12.0 Å². The highest BCUT2D eigenvalue weighted by Crippen LogP contribution is 2.37. The first-order valence-electron chi connectivity index (χ1n) is 8.89. The number of hydrogen-bond acceptors (Lipinski definition) is 2. The number of carbonyl (C=O) groups excluding carboxylic acids is 1. The predicted octanol–water partition coefficient (Wildman–Crippen LogP) is 4.74. The Morgan fingerprint density at radius 2 is 1.85 bits per heavy atom. The van der Waals surface area contributed by atoms with Crippen LogP contribution >= 0.6 is 0 Å². The van der Waals surface area contributed by atoms with Crippen LogP contribution in [0, 0.1) is 17.6 Å². The third-order valence-electron chi connectivity index (χ3n) is 4.94. The van der Waals surface area contributed by atoms with E-state index in [4.69, 9.17) is 4.74 Å². The minimum Gasteiger partial charge on any atom is -0.497 e. The van der Waals surface area contributed by atoms with Crippen LogP contribution in [0.3, 0.4) is 0 Å². The fourth-order valence-electron chi connectivity index (χ4n) is 3.21. The number of methoxy groups -OCH3 is 1. The first-order valence-corrected chi connectivity index (χ1v) is 8.89. The lowest BCUT2D eigenvalue weighted by molar-refractivity contribution is -0.119. The Hall–Kier alpha value is -2.43. The fraction of sp³-hybridized carbons (Fsp3) is 0.381. The second-order valence-corrected chi connectivity index (χ2v) is 6.79. The molecule has 1 unspecified atom stereocenters. The van der Waals surface area contributed by atoms with E-state index < -0.39 is 11.6 Å². The summed E-state index contributed by atoms with van der Waals surface area (Å²) in [6.45, 7) is 2.07. The third kappa shape index (κ3) is 4.21. The summed E-state index contributed by atoms with van der Waals surface area (Å²) in [6, 6.07) is 11.3. The number of hydrogen-bond donors (Lipinski definition) is 0. The van der Waals surface area contributed by atoms with Gasteiger partial charge in [0.1, 0.15) is 5.75 Å². The molecule has 138 valence electrons. The molecule has 0 radical (unpaired) electrons. The number of nitrogens with zero attached hydrogens (tertiary/aromatic N) is 1. The summed E-state index contributed by atoms with van der Waals surface area (Å²) in [5, 5.41) is 0. The van der Waals surface area contributed by atoms with Crippen LogP contribution in [0.25, 0.3) is 0 Å². The number of benzene rings is 2. The molecule has 26 heavy (non-hydrogen) atoms. The van der Waals surface area contributed by atoms with Crippen molar-refractivity contribution in [3.05, 3.63) is 59.7 Å². The minimum atomic E-state index is -0.881. The van der Waals surface area contributed by atoms with Crippen LogP contribution in [-0.4, -0.2) is 19.1 Å². The fourth-order valence-corrected chi connectivity index (χ4v) is 3.21. The third-order valence-corrected chi connectivity index (χ3v) is 4.94. The Morgan fingerprint density at radius 3 is 2.42 bits per heavy atom. The molecule has 1 atom stereocenters. The van der Waals surface area contributed by atoms with Crippen molar-refractivity contribution in [1.82, 2.24) is 0 Å². The van der Waals surface area contributed by atoms with E-state index in [2.05, 4.69) is 6.92 Å². The first kappa shape index (κ1) is 18.4. The number of aryl methyl sites for hydroxylation is 1. The van der Waals surface area contributed by atoms with E-state index >= 15 is 0 Å². The molecule has 0 aliphatic heterocycles. The molecule has 3 rings (SSSR count). The molecule has 0 saturated heterocycles. The standard InChI is InChI=1S/C21H23F2NO2/c1-14(16-5-6-16)24(17-7-9-18(26-2)10-8-17)21(25)12-4-15-3-11-19(22)20(23)13-15/h3,7-11,13-14,16H,4-6,12H2,1-2H3. The molecule has 1 amide bonds. The number of ether oxygens (including phenoxy) is 1. The maximum atomic E-state index is 13.4. The molecule has 2 aromatic rings. The quantitative estimate of drug-likeness (QED) is 0.715. The van der Waals surface area contributed by atoms with Crippen LogP contribution in [0.1, 0.15) is 31.7 Å². The summed E-state index contributed by atoms with van der Waals surface area (Å²) in [7, 11) is 1.60. The Balaban J connectivity index is 1.74. The number of anilines is 1. The molecule has 0 heterocycles. The lowest BCUT2D eigenvalue weighted by Crippen LogP contribution is -2.40. The predicted molar refractivity (Wildman–Crippen MR) is 97.3 cm³/mol. The van der Waals surface area contributed by atoms with Gasteiger partial charge in [0, 0.05) is 18.2 Å². The van der Waals surface area contributed by atoms with Gasteiger partial charge in [-0.05, 0) is 74.1 Å². The lowest BCUT2D eigenvalue weighted by Gasteiger charge is -2.30. The molecule has 2 aromatic carbocycles. The summed E-state index contributed by atoms with van der Waals surface area (Å²) >= 11 is 0. The molecule has 1 fully saturated rings. The molecule has 1 aliphatic carbocycles. The lowest BCUT2D eigenvalue weighted by atomic mass is 10.1. The van der Waals surface area contributed by atoms with Gasteiger partial charge >= 0.3 is 0 Å². The Labute approximate surface area is 152 Å². The summed E-state index contributed by atoms with van der Waals surface area (Å²) in [5.41, 5.74) is 1.45. The molecule has 3 nitrogen and oxygen atoms in total. The van der Waals surface area contributed by atoms with E-state index in [0.29, 0.717) is 17.9 Å². The van der Waals surface area contributed by atoms with Gasteiger partial charge in [0.25, 0.3) is 0 Å². The Kier molecular flexibility index (Phi) is 5.55. The van der Waals surface area contributed by atoms with Gasteiger partial charge in [-0.25, -0.2) is 8.78 Å². The van der Waals surface area contributed by atoms with Crippen molar-refractivity contribution in [3.63, 3.8) is 0 Å². The minimum absolute atomic E-state index is 0.0145. The first-order chi connectivity index (χ1) is 12.5. The molecule has 0 N–H and O–H groups in total. The van der Waals surface area contributed by atoms with Crippen LogP contribution in [-0.2, 0) is 11.2 Å². The van der Waals surface area contributed by atoms with Crippen molar-refractivity contribution < 1.29 is 18.3 Å². The molecule has 0 bridgehead atoms. The van der Waals surface area contributed by atoms with Crippen LogP contribution in [0.4, 0.5) is 14.5 Å². The van der Waals surface area contributed by atoms with E-state index in [1.807, 2.05) is 29.2 Å². The zero-order valence-corrected chi connectivity index (χ0v) is 15.0. The van der Waals surface area contributed by atoms with Crippen molar-refractivity contribution in [3.8, 4) is 5.75 Å². The van der Waals surface area contributed by atoms with Crippen LogP contribution in [0.5, 0.6) is 5.75 Å². The van der Waals surface area contributed by atoms with E-state index in [9.17, 15) is 13.6 Å². The highest BCUT2D eigenvalue weighted by Gasteiger charge is 2.34. The second-order valence-electron chi connectivity index (χ2n) is 6.79. The second kappa shape index (κ2) is 7.85. The van der Waals surface area contributed by atoms with Gasteiger partial charge in [-0.2, -0.15) is 0 Å². The molecule has 1 aliphatic rings. The normalized spacial score (nSPS) is 14.8. The SMILES string of the molecule is COc1ccc(N(C(=O)CCc2ccc(F)c(F)c2)C(C)C2CC2)cc1. The van der Waals surface area contributed by atoms with E-state index in [0.717, 1.165) is 36.4 Å². The van der Waals surface area contributed by atoms with E-state index in [-0.39, 0.29) is 18.4 Å². The van der Waals surface area contributed by atoms with Crippen molar-refractivity contribution >= 4 is 11.6 Å². The zero-order valence-electron chi connectivity index (χ0n) is 15.0. The average Bonchev–Trinajstić information content (AvgIpc) is 3.48. The zero-order chi connectivity index (χ0) is 18.7. The molecule has 5 heteroatoms. The molecule has 1 saturated carbocycles. The monoisotopic (exact) mass is 359 g/mol. The number of amides is 1. The summed E-state index contributed by atoms with van der Waals surface area (Å²) in [4.78, 5) is 14.8. The average molecular weight is 359 g/mol. The molecule has 0 spiro atoms. The Bertz CT molecular complexity index is 772. The van der Waals surface area contributed by atoms with Crippen molar-refractivity contribution in [2.45, 2.75) is 38.6 Å². The number of halogens is 2. The largest absolute Gasteiger partial charge is 0.497 e. The van der Waals surface area contributed by atoms with Crippen LogP contribution < -0.4 is 9.64 Å². The van der Waals surface area contributed by atoms with Crippen molar-refractivity contribution in [2.24, 2.45) is 5.92 Å². The molecular weight excluding hydrogens is 336 g/mol. The summed E-state index contributed by atoms with van der Waals surface area (Å²) < 4.78 is 31.6. The van der Waals surface area contributed by atoms with Gasteiger partial charge < -0.3 is 9.64 Å². The highest BCUT2D eigenvalue weighted by atomic mass is 19.2. The van der Waals surface area contributed by atoms with E-state index in [1.165, 1.54) is 6.07 Å². The number of carbonyl (C=O) groups is 1. The van der Waals surface area contributed by atoms with Gasteiger partial charge in [-0.3, -0.25) is 4.79 Å². The molecule has 0 aromatic heterocycles. The topological polar surface area (TPSA) is 29.5 Å². The summed E-state index contributed by atoms with van der Waals surface area (Å²) in [5.74, 6) is -0.513. The summed E-state index contributed by atoms with van der Waals surface area (Å²) in [6.07, 6.45) is 2.88. The smallest absolute Gasteiger partial charge is 0.227 e. The number of rotatable bonds is 7. The van der Waals surface area contributed by atoms with Gasteiger partial charge in [-0.1, -0.05) is 6.07 Å². The van der Waals surface area contributed by atoms with Gasteiger partial charge in [0.15, 0.2) is 11.6 Å². The maximum Gasteiger partial charge on any atom is 0.227 e. The van der Waals surface area contributed by atoms with Gasteiger partial charge in [0.05, 0.1) is 7.11 Å². The van der Waals surface area contributed by atoms with Gasteiger partial charge in [0.2, 0.25) is 5.91 Å². The Morgan fingerprint density at radius 1 is 1.15 bits per heavy atom. The van der Waals surface area contributed by atoms with Gasteiger partial charge in [-0.15, -0.1) is 0 Å². The highest BCUT2D eigenvalue weighted by molar-refractivity contribution is 5.94. The van der Waals surface area contributed by atoms with Crippen molar-refractivity contribution in [1.29, 1.82) is 0 Å². The van der Waals surface area contributed by atoms with E-state index in [1.54, 1.807) is 7.11 Å². The molecular formula is C21H23F2NO2.